The van der Waals surface area contributed by atoms with Gasteiger partial charge in [-0.2, -0.15) is 0 Å². The van der Waals surface area contributed by atoms with Crippen molar-refractivity contribution in [1.82, 2.24) is 5.32 Å². The fourth-order valence-electron chi connectivity index (χ4n) is 3.62. The Bertz CT molecular complexity index is 832. The van der Waals surface area contributed by atoms with Crippen molar-refractivity contribution in [3.8, 4) is 5.75 Å². The number of hydrogen-bond donors (Lipinski definition) is 3. The van der Waals surface area contributed by atoms with E-state index in [0.29, 0.717) is 25.4 Å². The van der Waals surface area contributed by atoms with Gasteiger partial charge < -0.3 is 19.8 Å². The molecule has 0 amide bonds. The average Bonchev–Trinajstić information content (AvgIpc) is 2.72. The van der Waals surface area contributed by atoms with Crippen LogP contribution in [0.4, 0.5) is 0 Å². The van der Waals surface area contributed by atoms with Gasteiger partial charge in [0.05, 0.1) is 12.8 Å². The molecule has 0 saturated carbocycles. The first-order valence-electron chi connectivity index (χ1n) is 11.3. The zero-order valence-corrected chi connectivity index (χ0v) is 20.0. The van der Waals surface area contributed by atoms with E-state index >= 15 is 0 Å². The highest BCUT2D eigenvalue weighted by molar-refractivity contribution is 7.51. The molecular weight excluding hydrogens is 409 g/mol. The van der Waals surface area contributed by atoms with E-state index in [4.69, 9.17) is 14.5 Å². The van der Waals surface area contributed by atoms with Crippen LogP contribution in [0.3, 0.4) is 0 Å². The molecule has 31 heavy (non-hydrogen) atoms. The van der Waals surface area contributed by atoms with Gasteiger partial charge in [-0.1, -0.05) is 43.7 Å². The summed E-state index contributed by atoms with van der Waals surface area (Å²) in [4.78, 5) is 17.7. The lowest BCUT2D eigenvalue weighted by Gasteiger charge is -2.16. The quantitative estimate of drug-likeness (QED) is 0.267. The molecule has 0 aliphatic rings. The number of aryl methyl sites for hydroxylation is 2. The SMILES string of the molecule is CCC(CCCOc1ccc(CNCCCP(=O)(O)O)cc1)Cc1ccc(C)c(C)c1. The van der Waals surface area contributed by atoms with E-state index in [2.05, 4.69) is 44.3 Å². The predicted molar refractivity (Wildman–Crippen MR) is 128 cm³/mol. The molecule has 0 fully saturated rings. The van der Waals surface area contributed by atoms with Gasteiger partial charge in [-0.3, -0.25) is 4.57 Å². The van der Waals surface area contributed by atoms with Crippen LogP contribution in [0.2, 0.25) is 0 Å². The normalized spacial score (nSPS) is 12.7. The largest absolute Gasteiger partial charge is 0.494 e. The topological polar surface area (TPSA) is 78.8 Å². The maximum absolute atomic E-state index is 10.8. The smallest absolute Gasteiger partial charge is 0.325 e. The maximum atomic E-state index is 10.8. The summed E-state index contributed by atoms with van der Waals surface area (Å²) in [7, 11) is -3.89. The molecule has 0 aromatic heterocycles. The first kappa shape index (κ1) is 25.6. The summed E-state index contributed by atoms with van der Waals surface area (Å²) in [5, 5.41) is 3.21. The van der Waals surface area contributed by atoms with Gasteiger partial charge >= 0.3 is 7.60 Å². The van der Waals surface area contributed by atoms with Crippen molar-refractivity contribution in [3.05, 3.63) is 64.7 Å². The van der Waals surface area contributed by atoms with Crippen molar-refractivity contribution in [2.45, 2.75) is 59.4 Å². The first-order chi connectivity index (χ1) is 14.8. The molecule has 2 aromatic rings. The van der Waals surface area contributed by atoms with Crippen molar-refractivity contribution in [2.75, 3.05) is 19.3 Å². The predicted octanol–water partition coefficient (Wildman–Crippen LogP) is 5.39. The van der Waals surface area contributed by atoms with Crippen LogP contribution < -0.4 is 10.1 Å². The Morgan fingerprint density at radius 1 is 1.00 bits per heavy atom. The Morgan fingerprint density at radius 2 is 1.71 bits per heavy atom. The molecule has 6 heteroatoms. The molecule has 5 nitrogen and oxygen atoms in total. The van der Waals surface area contributed by atoms with Gasteiger partial charge in [-0.25, -0.2) is 0 Å². The molecule has 0 bridgehead atoms. The molecule has 0 spiro atoms. The molecule has 0 heterocycles. The minimum Gasteiger partial charge on any atom is -0.494 e. The monoisotopic (exact) mass is 447 g/mol. The van der Waals surface area contributed by atoms with Crippen LogP contribution in [-0.2, 0) is 17.5 Å². The Balaban J connectivity index is 1.64. The lowest BCUT2D eigenvalue weighted by molar-refractivity contribution is 0.289. The average molecular weight is 448 g/mol. The first-order valence-corrected chi connectivity index (χ1v) is 13.1. The second-order valence-corrected chi connectivity index (χ2v) is 10.2. The molecule has 0 saturated heterocycles. The van der Waals surface area contributed by atoms with Crippen molar-refractivity contribution >= 4 is 7.60 Å². The van der Waals surface area contributed by atoms with Gasteiger partial charge in [0.15, 0.2) is 0 Å². The molecule has 3 N–H and O–H groups in total. The van der Waals surface area contributed by atoms with Crippen LogP contribution in [-0.4, -0.2) is 29.1 Å². The minimum absolute atomic E-state index is 0.0731. The summed E-state index contributed by atoms with van der Waals surface area (Å²) in [6.07, 6.45) is 4.92. The second-order valence-electron chi connectivity index (χ2n) is 8.45. The molecule has 2 rings (SSSR count). The second kappa shape index (κ2) is 13.0. The molecule has 172 valence electrons. The van der Waals surface area contributed by atoms with Crippen LogP contribution in [0, 0.1) is 19.8 Å². The number of benzene rings is 2. The van der Waals surface area contributed by atoms with E-state index in [1.807, 2.05) is 24.3 Å². The number of rotatable bonds is 14. The minimum atomic E-state index is -3.89. The van der Waals surface area contributed by atoms with E-state index in [0.717, 1.165) is 30.8 Å². The fraction of sp³-hybridized carbons (Fsp3) is 0.520. The third-order valence-corrected chi connectivity index (χ3v) is 6.65. The Labute approximate surface area is 187 Å². The van der Waals surface area contributed by atoms with Gasteiger partial charge in [0.1, 0.15) is 5.75 Å². The standard InChI is InChI=1S/C25H38NO4P/c1-4-22(18-24-9-8-20(2)21(3)17-24)7-5-15-30-25-12-10-23(11-13-25)19-26-14-6-16-31(27,28)29/h8-13,17,22,26H,4-7,14-16,18-19H2,1-3H3,(H2,27,28,29). The molecule has 1 unspecified atom stereocenters. The van der Waals surface area contributed by atoms with E-state index < -0.39 is 7.60 Å². The molecule has 1 atom stereocenters. The van der Waals surface area contributed by atoms with Crippen LogP contribution in [0.5, 0.6) is 5.75 Å². The van der Waals surface area contributed by atoms with Crippen LogP contribution in [0.25, 0.3) is 0 Å². The van der Waals surface area contributed by atoms with Gasteiger partial charge in [-0.05, 0) is 86.4 Å². The summed E-state index contributed by atoms with van der Waals surface area (Å²) in [5.74, 6) is 1.57. The molecular formula is C25H38NO4P. The highest BCUT2D eigenvalue weighted by Crippen LogP contribution is 2.34. The number of nitrogens with one attached hydrogen (secondary N) is 1. The number of ether oxygens (including phenoxy) is 1. The Hall–Kier alpha value is -1.65. The highest BCUT2D eigenvalue weighted by atomic mass is 31.2. The zero-order valence-electron chi connectivity index (χ0n) is 19.1. The lowest BCUT2D eigenvalue weighted by Crippen LogP contribution is -2.15. The van der Waals surface area contributed by atoms with Crippen LogP contribution >= 0.6 is 7.60 Å². The van der Waals surface area contributed by atoms with Crippen LogP contribution in [0.1, 0.15) is 54.9 Å². The van der Waals surface area contributed by atoms with Gasteiger partial charge in [0, 0.05) is 6.54 Å². The summed E-state index contributed by atoms with van der Waals surface area (Å²) >= 11 is 0. The Kier molecular flexibility index (Phi) is 10.8. The van der Waals surface area contributed by atoms with Crippen molar-refractivity contribution < 1.29 is 19.1 Å². The highest BCUT2D eigenvalue weighted by Gasteiger charge is 2.11. The van der Waals surface area contributed by atoms with Gasteiger partial charge in [0.2, 0.25) is 0 Å². The van der Waals surface area contributed by atoms with Crippen molar-refractivity contribution in [1.29, 1.82) is 0 Å². The summed E-state index contributed by atoms with van der Waals surface area (Å²) in [6.45, 7) is 8.60. The van der Waals surface area contributed by atoms with E-state index in [9.17, 15) is 4.57 Å². The molecule has 2 aromatic carbocycles. The summed E-state index contributed by atoms with van der Waals surface area (Å²) in [5.41, 5.74) is 5.28. The lowest BCUT2D eigenvalue weighted by atomic mass is 9.91. The molecule has 0 radical (unpaired) electrons. The van der Waals surface area contributed by atoms with E-state index in [1.54, 1.807) is 0 Å². The fourth-order valence-corrected chi connectivity index (χ4v) is 4.19. The Morgan fingerprint density at radius 3 is 2.35 bits per heavy atom. The third kappa shape index (κ3) is 10.5. The molecule has 0 aliphatic carbocycles. The summed E-state index contributed by atoms with van der Waals surface area (Å²) < 4.78 is 16.7. The van der Waals surface area contributed by atoms with Crippen LogP contribution in [0.15, 0.2) is 42.5 Å². The maximum Gasteiger partial charge on any atom is 0.325 e. The van der Waals surface area contributed by atoms with E-state index in [1.165, 1.54) is 29.5 Å². The third-order valence-electron chi connectivity index (χ3n) is 5.75. The molecule has 0 aliphatic heterocycles. The van der Waals surface area contributed by atoms with Crippen molar-refractivity contribution in [2.24, 2.45) is 5.92 Å². The van der Waals surface area contributed by atoms with Gasteiger partial charge in [-0.15, -0.1) is 0 Å². The zero-order chi connectivity index (χ0) is 22.7. The summed E-state index contributed by atoms with van der Waals surface area (Å²) in [6, 6.07) is 14.8. The van der Waals surface area contributed by atoms with Crippen molar-refractivity contribution in [3.63, 3.8) is 0 Å². The van der Waals surface area contributed by atoms with E-state index in [-0.39, 0.29) is 6.16 Å². The number of hydrogen-bond acceptors (Lipinski definition) is 3. The van der Waals surface area contributed by atoms with Gasteiger partial charge in [0.25, 0.3) is 0 Å².